The molecule has 4 rings (SSSR count). The van der Waals surface area contributed by atoms with Crippen molar-refractivity contribution >= 4 is 29.4 Å². The molecule has 0 spiro atoms. The highest BCUT2D eigenvalue weighted by Gasteiger charge is 2.23. The average molecular weight is 411 g/mol. The van der Waals surface area contributed by atoms with Gasteiger partial charge in [0.1, 0.15) is 10.7 Å². The number of nitro groups is 1. The summed E-state index contributed by atoms with van der Waals surface area (Å²) in [6.45, 7) is 2.08. The van der Waals surface area contributed by atoms with E-state index in [0.29, 0.717) is 22.5 Å². The molecule has 0 saturated heterocycles. The normalized spacial score (nSPS) is 15.1. The van der Waals surface area contributed by atoms with Gasteiger partial charge in [-0.3, -0.25) is 10.1 Å². The van der Waals surface area contributed by atoms with Gasteiger partial charge >= 0.3 is 5.88 Å². The Morgan fingerprint density at radius 2 is 2.14 bits per heavy atom. The van der Waals surface area contributed by atoms with Crippen molar-refractivity contribution < 1.29 is 14.1 Å². The fourth-order valence-corrected chi connectivity index (χ4v) is 3.35. The summed E-state index contributed by atoms with van der Waals surface area (Å²) in [6, 6.07) is 10.5. The van der Waals surface area contributed by atoms with Crippen LogP contribution in [0.25, 0.3) is 17.3 Å². The van der Waals surface area contributed by atoms with E-state index < -0.39 is 11.2 Å². The number of aromatic nitrogens is 3. The standard InChI is InChI=1S/C19H17N5O4S/c1-2-11-29-19-21-18-17(22-23-19)13-5-3-4-6-14(13)20-15(28-18)9-7-12-8-10-16(27-12)24(25)26/h3-10,15,20H,2,11H2,1H3/b9-7+. The van der Waals surface area contributed by atoms with Gasteiger partial charge in [-0.25, -0.2) is 0 Å². The highest BCUT2D eigenvalue weighted by molar-refractivity contribution is 7.99. The van der Waals surface area contributed by atoms with Crippen LogP contribution in [0.5, 0.6) is 5.88 Å². The largest absolute Gasteiger partial charge is 0.448 e. The van der Waals surface area contributed by atoms with Crippen molar-refractivity contribution in [2.24, 2.45) is 0 Å². The van der Waals surface area contributed by atoms with Gasteiger partial charge in [-0.15, -0.1) is 10.2 Å². The van der Waals surface area contributed by atoms with Crippen LogP contribution in [0.2, 0.25) is 0 Å². The van der Waals surface area contributed by atoms with Crippen molar-refractivity contribution in [1.82, 2.24) is 15.2 Å². The second kappa shape index (κ2) is 8.31. The minimum Gasteiger partial charge on any atom is -0.448 e. The van der Waals surface area contributed by atoms with E-state index in [9.17, 15) is 10.1 Å². The van der Waals surface area contributed by atoms with Crippen LogP contribution >= 0.6 is 11.8 Å². The topological polar surface area (TPSA) is 116 Å². The van der Waals surface area contributed by atoms with Crippen LogP contribution in [0.3, 0.4) is 0 Å². The Bertz CT molecular complexity index is 1070. The first kappa shape index (κ1) is 18.9. The lowest BCUT2D eigenvalue weighted by Crippen LogP contribution is -2.23. The number of para-hydroxylation sites is 1. The predicted molar refractivity (Wildman–Crippen MR) is 109 cm³/mol. The lowest BCUT2D eigenvalue weighted by atomic mass is 10.1. The molecule has 1 aromatic carbocycles. The maximum absolute atomic E-state index is 10.8. The Kier molecular flexibility index (Phi) is 5.43. The summed E-state index contributed by atoms with van der Waals surface area (Å²) >= 11 is 1.52. The molecule has 2 aromatic heterocycles. The summed E-state index contributed by atoms with van der Waals surface area (Å²) in [4.78, 5) is 14.7. The Balaban J connectivity index is 1.65. The molecular formula is C19H17N5O4S. The van der Waals surface area contributed by atoms with E-state index in [1.165, 1.54) is 23.9 Å². The maximum Gasteiger partial charge on any atom is 0.433 e. The van der Waals surface area contributed by atoms with E-state index in [4.69, 9.17) is 9.15 Å². The highest BCUT2D eigenvalue weighted by atomic mass is 32.2. The molecular weight excluding hydrogens is 394 g/mol. The predicted octanol–water partition coefficient (Wildman–Crippen LogP) is 4.39. The van der Waals surface area contributed by atoms with Crippen molar-refractivity contribution in [2.75, 3.05) is 11.1 Å². The molecule has 148 valence electrons. The third kappa shape index (κ3) is 4.21. The molecule has 1 aliphatic heterocycles. The van der Waals surface area contributed by atoms with Crippen molar-refractivity contribution in [3.05, 3.63) is 58.3 Å². The molecule has 1 aliphatic rings. The summed E-state index contributed by atoms with van der Waals surface area (Å²) in [5.41, 5.74) is 2.20. The molecule has 0 aliphatic carbocycles. The fraction of sp³-hybridized carbons (Fsp3) is 0.211. The summed E-state index contributed by atoms with van der Waals surface area (Å²) in [5.74, 6) is 1.29. The summed E-state index contributed by atoms with van der Waals surface area (Å²) in [6.07, 6.45) is 3.73. The third-order valence-corrected chi connectivity index (χ3v) is 5.06. The van der Waals surface area contributed by atoms with Gasteiger partial charge in [0.05, 0.1) is 6.07 Å². The molecule has 0 bridgehead atoms. The number of fused-ring (bicyclic) bond motifs is 3. The number of hydrogen-bond acceptors (Lipinski definition) is 9. The second-order valence-electron chi connectivity index (χ2n) is 6.12. The Labute approximate surface area is 170 Å². The van der Waals surface area contributed by atoms with Crippen molar-refractivity contribution in [2.45, 2.75) is 24.7 Å². The van der Waals surface area contributed by atoms with Crippen LogP contribution in [0.4, 0.5) is 11.6 Å². The smallest absolute Gasteiger partial charge is 0.433 e. The zero-order valence-electron chi connectivity index (χ0n) is 15.4. The van der Waals surface area contributed by atoms with Gasteiger partial charge in [-0.05, 0) is 30.7 Å². The van der Waals surface area contributed by atoms with Crippen molar-refractivity contribution in [3.63, 3.8) is 0 Å². The number of nitrogens with one attached hydrogen (secondary N) is 1. The van der Waals surface area contributed by atoms with Crippen LogP contribution < -0.4 is 10.1 Å². The zero-order valence-corrected chi connectivity index (χ0v) is 16.3. The number of thioether (sulfide) groups is 1. The quantitative estimate of drug-likeness (QED) is 0.358. The maximum atomic E-state index is 10.8. The fourth-order valence-electron chi connectivity index (χ4n) is 2.72. The molecule has 10 heteroatoms. The molecule has 9 nitrogen and oxygen atoms in total. The van der Waals surface area contributed by atoms with E-state index >= 15 is 0 Å². The lowest BCUT2D eigenvalue weighted by Gasteiger charge is -2.15. The number of nitrogens with zero attached hydrogens (tertiary/aromatic N) is 4. The van der Waals surface area contributed by atoms with Gasteiger partial charge in [0.15, 0.2) is 11.9 Å². The summed E-state index contributed by atoms with van der Waals surface area (Å²) in [7, 11) is 0. The molecule has 0 saturated carbocycles. The van der Waals surface area contributed by atoms with E-state index in [1.54, 1.807) is 12.2 Å². The number of benzene rings is 1. The van der Waals surface area contributed by atoms with Crippen LogP contribution in [0.1, 0.15) is 19.1 Å². The number of furan rings is 1. The van der Waals surface area contributed by atoms with Gasteiger partial charge in [-0.1, -0.05) is 36.9 Å². The van der Waals surface area contributed by atoms with E-state index in [0.717, 1.165) is 23.4 Å². The van der Waals surface area contributed by atoms with Gasteiger partial charge in [0, 0.05) is 17.0 Å². The number of ether oxygens (including phenoxy) is 1. The van der Waals surface area contributed by atoms with Crippen LogP contribution in [0, 0.1) is 10.1 Å². The molecule has 1 atom stereocenters. The minimum absolute atomic E-state index is 0.315. The van der Waals surface area contributed by atoms with Crippen LogP contribution in [-0.2, 0) is 0 Å². The molecule has 3 aromatic rings. The van der Waals surface area contributed by atoms with Crippen molar-refractivity contribution in [1.29, 1.82) is 0 Å². The molecule has 1 unspecified atom stereocenters. The monoisotopic (exact) mass is 411 g/mol. The molecule has 0 amide bonds. The number of rotatable bonds is 6. The van der Waals surface area contributed by atoms with Crippen LogP contribution in [0.15, 0.2) is 52.0 Å². The average Bonchev–Trinajstić information content (AvgIpc) is 3.14. The first-order chi connectivity index (χ1) is 14.1. The molecule has 0 radical (unpaired) electrons. The Morgan fingerprint density at radius 3 is 2.93 bits per heavy atom. The van der Waals surface area contributed by atoms with Crippen LogP contribution in [-0.4, -0.2) is 32.1 Å². The van der Waals surface area contributed by atoms with Gasteiger partial charge < -0.3 is 14.5 Å². The SMILES string of the molecule is CCCSc1nnc2c(n1)OC(/C=C/c1ccc([N+](=O)[O-])o1)Nc1ccccc1-2. The minimum atomic E-state index is -0.581. The highest BCUT2D eigenvalue weighted by Crippen LogP contribution is 2.36. The first-order valence-electron chi connectivity index (χ1n) is 8.96. The summed E-state index contributed by atoms with van der Waals surface area (Å²) < 4.78 is 11.2. The zero-order chi connectivity index (χ0) is 20.2. The third-order valence-electron chi connectivity index (χ3n) is 4.02. The van der Waals surface area contributed by atoms with Gasteiger partial charge in [-0.2, -0.15) is 4.98 Å². The Morgan fingerprint density at radius 1 is 1.28 bits per heavy atom. The van der Waals surface area contributed by atoms with Crippen molar-refractivity contribution in [3.8, 4) is 17.1 Å². The first-order valence-corrected chi connectivity index (χ1v) is 9.95. The van der Waals surface area contributed by atoms with E-state index in [2.05, 4.69) is 27.4 Å². The van der Waals surface area contributed by atoms with Gasteiger partial charge in [0.2, 0.25) is 11.0 Å². The Hall–Kier alpha value is -3.40. The van der Waals surface area contributed by atoms with E-state index in [1.807, 2.05) is 24.3 Å². The summed E-state index contributed by atoms with van der Waals surface area (Å²) in [5, 5.41) is 23.1. The second-order valence-corrected chi connectivity index (χ2v) is 7.18. The number of hydrogen-bond donors (Lipinski definition) is 1. The van der Waals surface area contributed by atoms with E-state index in [-0.39, 0.29) is 5.88 Å². The molecule has 1 N–H and O–H groups in total. The number of anilines is 1. The molecule has 0 fully saturated rings. The molecule has 3 heterocycles. The molecule has 29 heavy (non-hydrogen) atoms. The van der Waals surface area contributed by atoms with Gasteiger partial charge in [0.25, 0.3) is 0 Å². The lowest BCUT2D eigenvalue weighted by molar-refractivity contribution is -0.402.